The fourth-order valence-electron chi connectivity index (χ4n) is 2.65. The van der Waals surface area contributed by atoms with E-state index in [-0.39, 0.29) is 18.7 Å². The lowest BCUT2D eigenvalue weighted by atomic mass is 9.88. The molecule has 0 heterocycles. The first kappa shape index (κ1) is 16.9. The number of amides is 2. The summed E-state index contributed by atoms with van der Waals surface area (Å²) in [7, 11) is 0. The molecule has 3 rings (SSSR count). The molecule has 2 amide bonds. The highest BCUT2D eigenvalue weighted by molar-refractivity contribution is 5.95. The van der Waals surface area contributed by atoms with Crippen molar-refractivity contribution in [2.24, 2.45) is 5.73 Å². The van der Waals surface area contributed by atoms with E-state index in [1.165, 1.54) is 0 Å². The van der Waals surface area contributed by atoms with E-state index < -0.39 is 17.9 Å². The lowest BCUT2D eigenvalue weighted by Crippen LogP contribution is -2.50. The summed E-state index contributed by atoms with van der Waals surface area (Å²) in [6.45, 7) is 0. The molecule has 5 nitrogen and oxygen atoms in total. The minimum atomic E-state index is -2.67. The summed E-state index contributed by atoms with van der Waals surface area (Å²) in [5.74, 6) is -3.56. The van der Waals surface area contributed by atoms with Crippen molar-refractivity contribution < 1.29 is 18.4 Å². The van der Waals surface area contributed by atoms with Gasteiger partial charge >= 0.3 is 0 Å². The van der Waals surface area contributed by atoms with Crippen LogP contribution in [0.5, 0.6) is 0 Å². The van der Waals surface area contributed by atoms with Crippen LogP contribution in [-0.4, -0.2) is 23.8 Å². The molecular formula is C18H17F2N3O2. The third-order valence-electron chi connectivity index (χ3n) is 4.01. The van der Waals surface area contributed by atoms with Crippen molar-refractivity contribution in [3.05, 3.63) is 59.7 Å². The van der Waals surface area contributed by atoms with Crippen LogP contribution in [0.4, 0.5) is 20.2 Å². The molecule has 0 radical (unpaired) electrons. The Bertz CT molecular complexity index is 798. The van der Waals surface area contributed by atoms with Crippen LogP contribution in [0.15, 0.2) is 48.5 Å². The standard InChI is InChI=1S/C18H17F2N3O2/c19-18(20)9-15(10-18)23-17(25)12-2-1-3-14(8-12)22-13-6-4-11(5-7-13)16(21)24/h1-8,15,22H,9-10H2,(H2,21,24)(H,23,25). The van der Waals surface area contributed by atoms with Gasteiger partial charge in [-0.25, -0.2) is 8.78 Å². The first-order valence-corrected chi connectivity index (χ1v) is 7.78. The second-order valence-corrected chi connectivity index (χ2v) is 6.08. The zero-order chi connectivity index (χ0) is 18.0. The molecule has 1 saturated carbocycles. The molecule has 2 aromatic rings. The molecule has 0 saturated heterocycles. The largest absolute Gasteiger partial charge is 0.366 e. The maximum Gasteiger partial charge on any atom is 0.252 e. The fourth-order valence-corrected chi connectivity index (χ4v) is 2.65. The van der Waals surface area contributed by atoms with Crippen molar-refractivity contribution in [2.45, 2.75) is 24.8 Å². The van der Waals surface area contributed by atoms with Crippen LogP contribution in [0.2, 0.25) is 0 Å². The number of nitrogens with one attached hydrogen (secondary N) is 2. The van der Waals surface area contributed by atoms with Gasteiger partial charge in [0.1, 0.15) is 0 Å². The zero-order valence-corrected chi connectivity index (χ0v) is 13.3. The maximum absolute atomic E-state index is 12.8. The van der Waals surface area contributed by atoms with E-state index in [9.17, 15) is 18.4 Å². The van der Waals surface area contributed by atoms with Gasteiger partial charge in [-0.2, -0.15) is 0 Å². The Morgan fingerprint density at radius 2 is 1.68 bits per heavy atom. The van der Waals surface area contributed by atoms with Crippen molar-refractivity contribution >= 4 is 23.2 Å². The van der Waals surface area contributed by atoms with E-state index in [2.05, 4.69) is 10.6 Å². The van der Waals surface area contributed by atoms with Gasteiger partial charge in [0.05, 0.1) is 0 Å². The molecule has 25 heavy (non-hydrogen) atoms. The molecule has 1 aliphatic carbocycles. The van der Waals surface area contributed by atoms with Gasteiger partial charge in [0, 0.05) is 41.4 Å². The number of anilines is 2. The van der Waals surface area contributed by atoms with E-state index in [1.807, 2.05) is 0 Å². The molecule has 2 aromatic carbocycles. The SMILES string of the molecule is NC(=O)c1ccc(Nc2cccc(C(=O)NC3CC(F)(F)C3)c2)cc1. The summed E-state index contributed by atoms with van der Waals surface area (Å²) in [6.07, 6.45) is -0.633. The highest BCUT2D eigenvalue weighted by Gasteiger charge is 2.45. The summed E-state index contributed by atoms with van der Waals surface area (Å²) in [6, 6.07) is 12.8. The predicted molar refractivity (Wildman–Crippen MR) is 90.1 cm³/mol. The third kappa shape index (κ3) is 4.12. The number of benzene rings is 2. The number of hydrogen-bond donors (Lipinski definition) is 3. The van der Waals surface area contributed by atoms with Crippen LogP contribution in [0.25, 0.3) is 0 Å². The van der Waals surface area contributed by atoms with Crippen molar-refractivity contribution in [1.82, 2.24) is 5.32 Å². The predicted octanol–water partition coefficient (Wildman–Crippen LogP) is 3.06. The number of primary amides is 1. The highest BCUT2D eigenvalue weighted by atomic mass is 19.3. The molecular weight excluding hydrogens is 328 g/mol. The van der Waals surface area contributed by atoms with Crippen molar-refractivity contribution in [2.75, 3.05) is 5.32 Å². The van der Waals surface area contributed by atoms with E-state index in [1.54, 1.807) is 48.5 Å². The van der Waals surface area contributed by atoms with Crippen LogP contribution in [-0.2, 0) is 0 Å². The molecule has 1 fully saturated rings. The minimum Gasteiger partial charge on any atom is -0.366 e. The Hall–Kier alpha value is -2.96. The quantitative estimate of drug-likeness (QED) is 0.779. The number of carbonyl (C=O) groups is 2. The van der Waals surface area contributed by atoms with Crippen LogP contribution in [0.1, 0.15) is 33.6 Å². The van der Waals surface area contributed by atoms with Crippen molar-refractivity contribution in [3.8, 4) is 0 Å². The topological polar surface area (TPSA) is 84.2 Å². The van der Waals surface area contributed by atoms with Crippen LogP contribution < -0.4 is 16.4 Å². The van der Waals surface area contributed by atoms with Gasteiger partial charge in [-0.3, -0.25) is 9.59 Å². The Balaban J connectivity index is 1.64. The average molecular weight is 345 g/mol. The first-order chi connectivity index (χ1) is 11.8. The van der Waals surface area contributed by atoms with Gasteiger partial charge in [0.25, 0.3) is 11.8 Å². The fraction of sp³-hybridized carbons (Fsp3) is 0.222. The smallest absolute Gasteiger partial charge is 0.252 e. The van der Waals surface area contributed by atoms with Crippen LogP contribution in [0, 0.1) is 0 Å². The molecule has 0 atom stereocenters. The molecule has 4 N–H and O–H groups in total. The molecule has 0 unspecified atom stereocenters. The monoisotopic (exact) mass is 345 g/mol. The Morgan fingerprint density at radius 3 is 2.28 bits per heavy atom. The molecule has 0 spiro atoms. The second kappa shape index (κ2) is 6.51. The average Bonchev–Trinajstić information content (AvgIpc) is 2.54. The Morgan fingerprint density at radius 1 is 1.00 bits per heavy atom. The molecule has 130 valence electrons. The van der Waals surface area contributed by atoms with E-state index in [0.717, 1.165) is 5.69 Å². The maximum atomic E-state index is 12.8. The first-order valence-electron chi connectivity index (χ1n) is 7.78. The highest BCUT2D eigenvalue weighted by Crippen LogP contribution is 2.37. The molecule has 0 aromatic heterocycles. The van der Waals surface area contributed by atoms with Crippen LogP contribution >= 0.6 is 0 Å². The van der Waals surface area contributed by atoms with Gasteiger partial charge < -0.3 is 16.4 Å². The van der Waals surface area contributed by atoms with Gasteiger partial charge in [0.2, 0.25) is 5.91 Å². The normalized spacial score (nSPS) is 15.9. The number of halogens is 2. The lowest BCUT2D eigenvalue weighted by molar-refractivity contribution is -0.0901. The van der Waals surface area contributed by atoms with Gasteiger partial charge in [-0.1, -0.05) is 6.07 Å². The van der Waals surface area contributed by atoms with E-state index >= 15 is 0 Å². The number of carbonyl (C=O) groups excluding carboxylic acids is 2. The van der Waals surface area contributed by atoms with Crippen molar-refractivity contribution in [3.63, 3.8) is 0 Å². The van der Waals surface area contributed by atoms with Gasteiger partial charge in [-0.15, -0.1) is 0 Å². The van der Waals surface area contributed by atoms with Gasteiger partial charge in [0.15, 0.2) is 0 Å². The summed E-state index contributed by atoms with van der Waals surface area (Å²) in [4.78, 5) is 23.2. The lowest BCUT2D eigenvalue weighted by Gasteiger charge is -2.35. The summed E-state index contributed by atoms with van der Waals surface area (Å²) in [5, 5.41) is 5.71. The number of nitrogens with two attached hydrogens (primary N) is 1. The summed E-state index contributed by atoms with van der Waals surface area (Å²) in [5.41, 5.74) is 7.36. The molecule has 0 bridgehead atoms. The number of alkyl halides is 2. The van der Waals surface area contributed by atoms with E-state index in [0.29, 0.717) is 16.8 Å². The Kier molecular flexibility index (Phi) is 4.39. The zero-order valence-electron chi connectivity index (χ0n) is 13.3. The minimum absolute atomic E-state index is 0.317. The van der Waals surface area contributed by atoms with E-state index in [4.69, 9.17) is 5.73 Å². The van der Waals surface area contributed by atoms with Crippen LogP contribution in [0.3, 0.4) is 0 Å². The second-order valence-electron chi connectivity index (χ2n) is 6.08. The Labute approximate surface area is 143 Å². The molecule has 7 heteroatoms. The van der Waals surface area contributed by atoms with Gasteiger partial charge in [-0.05, 0) is 42.5 Å². The summed E-state index contributed by atoms with van der Waals surface area (Å²) < 4.78 is 25.7. The number of rotatable bonds is 5. The molecule has 0 aliphatic heterocycles. The number of hydrogen-bond acceptors (Lipinski definition) is 3. The summed E-state index contributed by atoms with van der Waals surface area (Å²) >= 11 is 0. The molecule has 1 aliphatic rings. The van der Waals surface area contributed by atoms with Crippen molar-refractivity contribution in [1.29, 1.82) is 0 Å². The third-order valence-corrected chi connectivity index (χ3v) is 4.01.